The Morgan fingerprint density at radius 2 is 1.02 bits per heavy atom. The predicted molar refractivity (Wildman–Crippen MR) is 235 cm³/mol. The minimum absolute atomic E-state index is 0.932. The average Bonchev–Trinajstić information content (AvgIpc) is 3.92. The van der Waals surface area contributed by atoms with Crippen molar-refractivity contribution in [3.8, 4) is 11.1 Å². The molecular weight excluding hydrogens is 695 g/mol. The van der Waals surface area contributed by atoms with Gasteiger partial charge in [-0.2, -0.15) is 0 Å². The number of rotatable bonds is 4. The fourth-order valence-electron chi connectivity index (χ4n) is 8.56. The molecule has 0 aliphatic rings. The van der Waals surface area contributed by atoms with Crippen LogP contribution in [0.2, 0.25) is 0 Å². The van der Waals surface area contributed by atoms with Crippen molar-refractivity contribution in [2.24, 2.45) is 0 Å². The number of furan rings is 1. The Labute approximate surface area is 318 Å². The van der Waals surface area contributed by atoms with E-state index in [4.69, 9.17) is 4.42 Å². The number of thiophene rings is 2. The Morgan fingerprint density at radius 1 is 0.370 bits per heavy atom. The van der Waals surface area contributed by atoms with Gasteiger partial charge in [-0.1, -0.05) is 109 Å². The molecule has 12 aromatic rings. The smallest absolute Gasteiger partial charge is 0.143 e. The van der Waals surface area contributed by atoms with Crippen molar-refractivity contribution < 1.29 is 4.42 Å². The molecule has 0 N–H and O–H groups in total. The number of fused-ring (bicyclic) bond motifs is 13. The molecule has 0 saturated heterocycles. The maximum Gasteiger partial charge on any atom is 0.143 e. The van der Waals surface area contributed by atoms with Crippen molar-refractivity contribution in [1.82, 2.24) is 0 Å². The summed E-state index contributed by atoms with van der Waals surface area (Å²) in [5.74, 6) is 0. The van der Waals surface area contributed by atoms with Crippen molar-refractivity contribution in [3.63, 3.8) is 0 Å². The third kappa shape index (κ3) is 4.45. The molecule has 0 fully saturated rings. The molecule has 12 rings (SSSR count). The van der Waals surface area contributed by atoms with Gasteiger partial charge in [-0.15, -0.1) is 22.7 Å². The van der Waals surface area contributed by atoms with E-state index in [-0.39, 0.29) is 0 Å². The molecule has 252 valence electrons. The van der Waals surface area contributed by atoms with Gasteiger partial charge < -0.3 is 9.32 Å². The Bertz CT molecular complexity index is 3450. The highest BCUT2D eigenvalue weighted by molar-refractivity contribution is 7.26. The van der Waals surface area contributed by atoms with Crippen molar-refractivity contribution in [2.75, 3.05) is 4.90 Å². The topological polar surface area (TPSA) is 16.4 Å². The van der Waals surface area contributed by atoms with E-state index in [1.165, 1.54) is 78.4 Å². The summed E-state index contributed by atoms with van der Waals surface area (Å²) in [6, 6.07) is 64.2. The second-order valence-corrected chi connectivity index (χ2v) is 16.2. The van der Waals surface area contributed by atoms with Crippen LogP contribution in [0.1, 0.15) is 0 Å². The largest absolute Gasteiger partial charge is 0.455 e. The van der Waals surface area contributed by atoms with Crippen LogP contribution in [0.25, 0.3) is 95.0 Å². The lowest BCUT2D eigenvalue weighted by molar-refractivity contribution is 0.673. The van der Waals surface area contributed by atoms with Crippen LogP contribution in [-0.4, -0.2) is 0 Å². The zero-order chi connectivity index (χ0) is 35.3. The molecule has 3 aromatic heterocycles. The first-order chi connectivity index (χ1) is 26.7. The van der Waals surface area contributed by atoms with Gasteiger partial charge in [0.15, 0.2) is 0 Å². The SMILES string of the molecule is c1ccc2c(-c3ccc(N(c4ccc5c(c4)sc4ccc6oc7c8ccccc8ccc7c6c45)c4ccc5sc6ccccc6c5c4)cc3)cccc2c1. The van der Waals surface area contributed by atoms with Crippen LogP contribution in [0.4, 0.5) is 17.1 Å². The van der Waals surface area contributed by atoms with Crippen LogP contribution in [-0.2, 0) is 0 Å². The van der Waals surface area contributed by atoms with E-state index in [0.717, 1.165) is 33.6 Å². The van der Waals surface area contributed by atoms with Gasteiger partial charge >= 0.3 is 0 Å². The second kappa shape index (κ2) is 11.5. The predicted octanol–water partition coefficient (Wildman–Crippen LogP) is 15.8. The molecule has 9 aromatic carbocycles. The Balaban J connectivity index is 1.05. The molecule has 54 heavy (non-hydrogen) atoms. The van der Waals surface area contributed by atoms with E-state index >= 15 is 0 Å². The van der Waals surface area contributed by atoms with E-state index in [1.807, 2.05) is 22.7 Å². The summed E-state index contributed by atoms with van der Waals surface area (Å²) >= 11 is 3.71. The zero-order valence-electron chi connectivity index (χ0n) is 28.9. The lowest BCUT2D eigenvalue weighted by Crippen LogP contribution is -2.09. The molecule has 4 heteroatoms. The van der Waals surface area contributed by atoms with Gasteiger partial charge in [0.05, 0.1) is 0 Å². The first-order valence-corrected chi connectivity index (χ1v) is 19.9. The number of anilines is 3. The van der Waals surface area contributed by atoms with E-state index in [2.05, 4.69) is 181 Å². The van der Waals surface area contributed by atoms with Crippen LogP contribution >= 0.6 is 22.7 Å². The first kappa shape index (κ1) is 30.0. The third-order valence-corrected chi connectivity index (χ3v) is 13.3. The van der Waals surface area contributed by atoms with Crippen molar-refractivity contribution in [2.45, 2.75) is 0 Å². The lowest BCUT2D eigenvalue weighted by atomic mass is 9.98. The van der Waals surface area contributed by atoms with Gasteiger partial charge in [0.2, 0.25) is 0 Å². The van der Waals surface area contributed by atoms with Gasteiger partial charge in [0.1, 0.15) is 11.2 Å². The van der Waals surface area contributed by atoms with Gasteiger partial charge in [0, 0.05) is 73.6 Å². The fraction of sp³-hybridized carbons (Fsp3) is 0. The molecular formula is C50H29NOS2. The molecule has 0 saturated carbocycles. The van der Waals surface area contributed by atoms with Crippen molar-refractivity contribution in [3.05, 3.63) is 176 Å². The average molecular weight is 724 g/mol. The molecule has 0 aliphatic carbocycles. The number of benzene rings is 9. The van der Waals surface area contributed by atoms with E-state index in [9.17, 15) is 0 Å². The summed E-state index contributed by atoms with van der Waals surface area (Å²) in [6.45, 7) is 0. The first-order valence-electron chi connectivity index (χ1n) is 18.2. The molecule has 0 amide bonds. The summed E-state index contributed by atoms with van der Waals surface area (Å²) in [6.07, 6.45) is 0. The van der Waals surface area contributed by atoms with Gasteiger partial charge in [-0.3, -0.25) is 0 Å². The molecule has 0 radical (unpaired) electrons. The fourth-order valence-corrected chi connectivity index (χ4v) is 10.8. The highest BCUT2D eigenvalue weighted by Crippen LogP contribution is 2.47. The minimum Gasteiger partial charge on any atom is -0.455 e. The molecule has 3 heterocycles. The summed E-state index contributed by atoms with van der Waals surface area (Å²) in [5, 5.41) is 12.3. The van der Waals surface area contributed by atoms with Crippen LogP contribution in [0.5, 0.6) is 0 Å². The number of hydrogen-bond donors (Lipinski definition) is 0. The highest BCUT2D eigenvalue weighted by atomic mass is 32.1. The Kier molecular flexibility index (Phi) is 6.41. The normalized spacial score (nSPS) is 12.1. The van der Waals surface area contributed by atoms with Crippen LogP contribution in [0, 0.1) is 0 Å². The van der Waals surface area contributed by atoms with Crippen LogP contribution in [0.3, 0.4) is 0 Å². The van der Waals surface area contributed by atoms with Crippen molar-refractivity contribution in [1.29, 1.82) is 0 Å². The molecule has 2 nitrogen and oxygen atoms in total. The van der Waals surface area contributed by atoms with E-state index in [0.29, 0.717) is 0 Å². The molecule has 0 aliphatic heterocycles. The monoisotopic (exact) mass is 723 g/mol. The summed E-state index contributed by atoms with van der Waals surface area (Å²) in [5.41, 5.74) is 7.73. The van der Waals surface area contributed by atoms with E-state index in [1.54, 1.807) is 0 Å². The Morgan fingerprint density at radius 3 is 1.91 bits per heavy atom. The maximum absolute atomic E-state index is 6.59. The maximum atomic E-state index is 6.59. The van der Waals surface area contributed by atoms with Gasteiger partial charge in [0.25, 0.3) is 0 Å². The number of hydrogen-bond acceptors (Lipinski definition) is 4. The summed E-state index contributed by atoms with van der Waals surface area (Å²) < 4.78 is 11.7. The Hall–Kier alpha value is -6.46. The van der Waals surface area contributed by atoms with Gasteiger partial charge in [-0.05, 0) is 94.0 Å². The highest BCUT2D eigenvalue weighted by Gasteiger charge is 2.20. The molecule has 0 spiro atoms. The summed E-state index contributed by atoms with van der Waals surface area (Å²) in [7, 11) is 0. The number of nitrogens with zero attached hydrogens (tertiary/aromatic N) is 1. The molecule has 0 atom stereocenters. The van der Waals surface area contributed by atoms with Gasteiger partial charge in [-0.25, -0.2) is 0 Å². The second-order valence-electron chi connectivity index (χ2n) is 14.0. The lowest BCUT2D eigenvalue weighted by Gasteiger charge is -2.26. The third-order valence-electron chi connectivity index (χ3n) is 11.0. The van der Waals surface area contributed by atoms with Crippen molar-refractivity contribution >= 4 is 124 Å². The standard InChI is InChI=1S/C50H29NOS2/c1-3-11-36-30(8-1)10-7-14-37(36)32-16-19-33(20-17-32)51(34-22-26-45-42(28-34)39-13-5-6-15-44(39)53-45)35-21-24-40-47(29-35)54-46-27-25-43-48(49(40)46)41-23-18-31-9-2-4-12-38(31)50(41)52-43/h1-29H. The molecule has 0 unspecified atom stereocenters. The summed E-state index contributed by atoms with van der Waals surface area (Å²) in [4.78, 5) is 2.41. The van der Waals surface area contributed by atoms with E-state index < -0.39 is 0 Å². The zero-order valence-corrected chi connectivity index (χ0v) is 30.5. The minimum atomic E-state index is 0.932. The quantitative estimate of drug-likeness (QED) is 0.180. The van der Waals surface area contributed by atoms with Crippen LogP contribution in [0.15, 0.2) is 180 Å². The molecule has 0 bridgehead atoms. The van der Waals surface area contributed by atoms with Crippen LogP contribution < -0.4 is 4.90 Å².